The number of thioether (sulfide) groups is 1. The molecule has 23 heavy (non-hydrogen) atoms. The summed E-state index contributed by atoms with van der Waals surface area (Å²) in [5, 5.41) is 6.24. The first kappa shape index (κ1) is 16.7. The summed E-state index contributed by atoms with van der Waals surface area (Å²) in [7, 11) is 0. The molecule has 0 spiro atoms. The lowest BCUT2D eigenvalue weighted by molar-refractivity contribution is 0.166. The Labute approximate surface area is 143 Å². The minimum atomic E-state index is -0.0390. The summed E-state index contributed by atoms with van der Waals surface area (Å²) < 4.78 is 0. The van der Waals surface area contributed by atoms with Crippen molar-refractivity contribution >= 4 is 17.8 Å². The van der Waals surface area contributed by atoms with E-state index in [1.54, 1.807) is 11.8 Å². The molecule has 1 aromatic rings. The molecule has 2 aliphatic heterocycles. The number of carbonyl (C=O) groups excluding carboxylic acids is 1. The van der Waals surface area contributed by atoms with Crippen molar-refractivity contribution < 1.29 is 4.79 Å². The van der Waals surface area contributed by atoms with Gasteiger partial charge in [-0.15, -0.1) is 11.8 Å². The Morgan fingerprint density at radius 2 is 2.04 bits per heavy atom. The summed E-state index contributed by atoms with van der Waals surface area (Å²) in [5.74, 6) is 0. The van der Waals surface area contributed by atoms with E-state index in [1.807, 2.05) is 6.92 Å². The molecule has 0 aromatic heterocycles. The molecule has 126 valence electrons. The molecule has 5 heteroatoms. The lowest BCUT2D eigenvalue weighted by atomic mass is 9.98. The van der Waals surface area contributed by atoms with Crippen molar-refractivity contribution in [3.8, 4) is 0 Å². The fourth-order valence-electron chi connectivity index (χ4n) is 3.76. The molecular formula is C18H27N3OS. The largest absolute Gasteiger partial charge is 0.335 e. The number of amides is 2. The van der Waals surface area contributed by atoms with Crippen molar-refractivity contribution in [1.29, 1.82) is 0 Å². The van der Waals surface area contributed by atoms with Gasteiger partial charge in [-0.25, -0.2) is 4.79 Å². The van der Waals surface area contributed by atoms with Crippen LogP contribution >= 0.6 is 11.8 Å². The highest BCUT2D eigenvalue weighted by atomic mass is 32.2. The van der Waals surface area contributed by atoms with E-state index in [0.717, 1.165) is 24.9 Å². The normalized spacial score (nSPS) is 25.7. The Balaban J connectivity index is 1.48. The second kappa shape index (κ2) is 7.58. The zero-order valence-electron chi connectivity index (χ0n) is 14.0. The summed E-state index contributed by atoms with van der Waals surface area (Å²) in [6, 6.07) is 9.38. The number of nitrogens with one attached hydrogen (secondary N) is 2. The fraction of sp³-hybridized carbons (Fsp3) is 0.611. The molecule has 0 aliphatic carbocycles. The van der Waals surface area contributed by atoms with Gasteiger partial charge < -0.3 is 15.5 Å². The van der Waals surface area contributed by atoms with Gasteiger partial charge in [-0.1, -0.05) is 12.1 Å². The van der Waals surface area contributed by atoms with Crippen molar-refractivity contribution in [3.63, 3.8) is 0 Å². The molecule has 0 saturated carbocycles. The monoisotopic (exact) mass is 333 g/mol. The molecule has 0 unspecified atom stereocenters. The minimum absolute atomic E-state index is 0.0254. The third kappa shape index (κ3) is 4.21. The van der Waals surface area contributed by atoms with E-state index in [0.29, 0.717) is 12.1 Å². The number of fused-ring (bicyclic) bond motifs is 1. The average Bonchev–Trinajstić information content (AvgIpc) is 3.02. The summed E-state index contributed by atoms with van der Waals surface area (Å²) in [6.45, 7) is 4.40. The van der Waals surface area contributed by atoms with Crippen LogP contribution in [0.1, 0.15) is 44.2 Å². The van der Waals surface area contributed by atoms with E-state index >= 15 is 0 Å². The molecule has 4 nitrogen and oxygen atoms in total. The molecular weight excluding hydrogens is 306 g/mol. The van der Waals surface area contributed by atoms with Crippen LogP contribution in [0.4, 0.5) is 4.79 Å². The third-order valence-corrected chi connectivity index (χ3v) is 5.86. The highest BCUT2D eigenvalue weighted by Gasteiger charge is 2.32. The van der Waals surface area contributed by atoms with Gasteiger partial charge >= 0.3 is 6.03 Å². The quantitative estimate of drug-likeness (QED) is 0.830. The SMILES string of the molecule is CSc1ccc([C@H](C)NC(=O)N[C@H]2CCN3CCC[C@@H]3C2)cc1. The van der Waals surface area contributed by atoms with E-state index < -0.39 is 0 Å². The number of piperidine rings is 1. The number of rotatable bonds is 4. The Morgan fingerprint density at radius 1 is 1.26 bits per heavy atom. The van der Waals surface area contributed by atoms with Crippen molar-refractivity contribution in [1.82, 2.24) is 15.5 Å². The van der Waals surface area contributed by atoms with E-state index in [2.05, 4.69) is 46.1 Å². The minimum Gasteiger partial charge on any atom is -0.335 e. The lowest BCUT2D eigenvalue weighted by Gasteiger charge is -2.35. The number of carbonyl (C=O) groups is 1. The van der Waals surface area contributed by atoms with Gasteiger partial charge in [-0.3, -0.25) is 0 Å². The van der Waals surface area contributed by atoms with Crippen molar-refractivity contribution in [3.05, 3.63) is 29.8 Å². The number of nitrogens with zero attached hydrogens (tertiary/aromatic N) is 1. The first-order chi connectivity index (χ1) is 11.2. The van der Waals surface area contributed by atoms with Crippen LogP contribution in [0.3, 0.4) is 0 Å². The van der Waals surface area contributed by atoms with Crippen molar-refractivity contribution in [2.24, 2.45) is 0 Å². The first-order valence-electron chi connectivity index (χ1n) is 8.60. The predicted molar refractivity (Wildman–Crippen MR) is 95.9 cm³/mol. The predicted octanol–water partition coefficient (Wildman–Crippen LogP) is 3.40. The molecule has 1 aromatic carbocycles. The molecule has 2 amide bonds. The lowest BCUT2D eigenvalue weighted by Crippen LogP contribution is -2.50. The maximum Gasteiger partial charge on any atom is 0.315 e. The maximum atomic E-state index is 12.3. The van der Waals surface area contributed by atoms with Crippen LogP contribution in [0.2, 0.25) is 0 Å². The van der Waals surface area contributed by atoms with Crippen LogP contribution in [-0.4, -0.2) is 42.4 Å². The summed E-state index contributed by atoms with van der Waals surface area (Å²) >= 11 is 1.73. The second-order valence-corrected chi connectivity index (χ2v) is 7.55. The first-order valence-corrected chi connectivity index (χ1v) is 9.83. The number of hydrogen-bond donors (Lipinski definition) is 2. The molecule has 2 aliphatic rings. The highest BCUT2D eigenvalue weighted by molar-refractivity contribution is 7.98. The molecule has 2 saturated heterocycles. The van der Waals surface area contributed by atoms with Gasteiger partial charge in [-0.2, -0.15) is 0 Å². The Bertz CT molecular complexity index is 534. The van der Waals surface area contributed by atoms with Gasteiger partial charge in [0, 0.05) is 23.5 Å². The Hall–Kier alpha value is -1.20. The van der Waals surface area contributed by atoms with E-state index in [4.69, 9.17) is 0 Å². The van der Waals surface area contributed by atoms with Crippen LogP contribution in [0.25, 0.3) is 0 Å². The number of hydrogen-bond acceptors (Lipinski definition) is 3. The van der Waals surface area contributed by atoms with Crippen LogP contribution < -0.4 is 10.6 Å². The van der Waals surface area contributed by atoms with Crippen LogP contribution in [0.15, 0.2) is 29.2 Å². The molecule has 3 rings (SSSR count). The summed E-state index contributed by atoms with van der Waals surface area (Å²) in [4.78, 5) is 16.1. The zero-order valence-corrected chi connectivity index (χ0v) is 14.9. The number of urea groups is 1. The molecule has 3 atom stereocenters. The summed E-state index contributed by atoms with van der Waals surface area (Å²) in [5.41, 5.74) is 1.14. The Kier molecular flexibility index (Phi) is 5.49. The maximum absolute atomic E-state index is 12.3. The van der Waals surface area contributed by atoms with Gasteiger partial charge in [0.15, 0.2) is 0 Å². The van der Waals surface area contributed by atoms with Gasteiger partial charge in [0.25, 0.3) is 0 Å². The summed E-state index contributed by atoms with van der Waals surface area (Å²) in [6.07, 6.45) is 6.84. The average molecular weight is 334 g/mol. The zero-order chi connectivity index (χ0) is 16.2. The molecule has 0 bridgehead atoms. The van der Waals surface area contributed by atoms with Crippen LogP contribution in [0, 0.1) is 0 Å². The van der Waals surface area contributed by atoms with Gasteiger partial charge in [0.2, 0.25) is 0 Å². The van der Waals surface area contributed by atoms with Gasteiger partial charge in [-0.05, 0) is 63.1 Å². The second-order valence-electron chi connectivity index (χ2n) is 6.67. The molecule has 2 fully saturated rings. The van der Waals surface area contributed by atoms with Crippen LogP contribution in [0.5, 0.6) is 0 Å². The standard InChI is InChI=1S/C18H27N3OS/c1-13(14-5-7-17(23-2)8-6-14)19-18(22)20-15-9-11-21-10-3-4-16(21)12-15/h5-8,13,15-16H,3-4,9-12H2,1-2H3,(H2,19,20,22)/t13-,15-,16+/m0/s1. The van der Waals surface area contributed by atoms with Gasteiger partial charge in [0.05, 0.1) is 6.04 Å². The smallest absolute Gasteiger partial charge is 0.315 e. The van der Waals surface area contributed by atoms with Crippen molar-refractivity contribution in [2.75, 3.05) is 19.3 Å². The third-order valence-electron chi connectivity index (χ3n) is 5.12. The van der Waals surface area contributed by atoms with E-state index in [-0.39, 0.29) is 12.1 Å². The number of benzene rings is 1. The van der Waals surface area contributed by atoms with Gasteiger partial charge in [0.1, 0.15) is 0 Å². The molecule has 0 radical (unpaired) electrons. The molecule has 2 heterocycles. The topological polar surface area (TPSA) is 44.4 Å². The van der Waals surface area contributed by atoms with Crippen molar-refractivity contribution in [2.45, 2.75) is 55.6 Å². The highest BCUT2D eigenvalue weighted by Crippen LogP contribution is 2.26. The Morgan fingerprint density at radius 3 is 2.78 bits per heavy atom. The van der Waals surface area contributed by atoms with E-state index in [9.17, 15) is 4.79 Å². The van der Waals surface area contributed by atoms with Crippen LogP contribution in [-0.2, 0) is 0 Å². The van der Waals surface area contributed by atoms with E-state index in [1.165, 1.54) is 24.3 Å². The fourth-order valence-corrected chi connectivity index (χ4v) is 4.16. The molecule has 2 N–H and O–H groups in total.